The van der Waals surface area contributed by atoms with Gasteiger partial charge in [-0.25, -0.2) is 0 Å². The monoisotopic (exact) mass is 315 g/mol. The average Bonchev–Trinajstić information content (AvgIpc) is 2.87. The second-order valence-corrected chi connectivity index (χ2v) is 4.90. The number of rotatable bonds is 6. The Morgan fingerprint density at radius 1 is 1.35 bits per heavy atom. The summed E-state index contributed by atoms with van der Waals surface area (Å²) < 4.78 is 5.27. The molecule has 0 aliphatic carbocycles. The first-order chi connectivity index (χ1) is 9.20. The van der Waals surface area contributed by atoms with Gasteiger partial charge in [0.2, 0.25) is 5.89 Å². The molecular formula is C14H19Cl2N3O. The van der Waals surface area contributed by atoms with Crippen LogP contribution in [0.15, 0.2) is 28.8 Å². The SMILES string of the molecule is CCCNC(C)c1nc(Cc2ccccc2Cl)no1.Cl. The van der Waals surface area contributed by atoms with Gasteiger partial charge in [-0.05, 0) is 31.5 Å². The summed E-state index contributed by atoms with van der Waals surface area (Å²) in [6.07, 6.45) is 1.66. The minimum Gasteiger partial charge on any atom is -0.338 e. The molecule has 1 atom stereocenters. The minimum atomic E-state index is 0. The van der Waals surface area contributed by atoms with Crippen LogP contribution < -0.4 is 5.32 Å². The molecule has 20 heavy (non-hydrogen) atoms. The van der Waals surface area contributed by atoms with Gasteiger partial charge in [0.1, 0.15) is 0 Å². The molecule has 1 N–H and O–H groups in total. The molecule has 0 radical (unpaired) electrons. The summed E-state index contributed by atoms with van der Waals surface area (Å²) in [7, 11) is 0. The summed E-state index contributed by atoms with van der Waals surface area (Å²) in [5.41, 5.74) is 1.01. The summed E-state index contributed by atoms with van der Waals surface area (Å²) in [5, 5.41) is 8.04. The molecule has 110 valence electrons. The number of hydrogen-bond acceptors (Lipinski definition) is 4. The lowest BCUT2D eigenvalue weighted by atomic mass is 10.1. The second-order valence-electron chi connectivity index (χ2n) is 4.49. The molecule has 0 spiro atoms. The van der Waals surface area contributed by atoms with Crippen LogP contribution in [0.3, 0.4) is 0 Å². The highest BCUT2D eigenvalue weighted by molar-refractivity contribution is 6.31. The van der Waals surface area contributed by atoms with E-state index in [1.54, 1.807) is 0 Å². The maximum atomic E-state index is 6.11. The fourth-order valence-electron chi connectivity index (χ4n) is 1.78. The molecule has 0 saturated carbocycles. The Morgan fingerprint density at radius 3 is 2.80 bits per heavy atom. The lowest BCUT2D eigenvalue weighted by Crippen LogP contribution is -2.19. The van der Waals surface area contributed by atoms with Gasteiger partial charge in [-0.2, -0.15) is 4.98 Å². The third-order valence-electron chi connectivity index (χ3n) is 2.86. The number of nitrogens with one attached hydrogen (secondary N) is 1. The molecule has 0 fully saturated rings. The summed E-state index contributed by atoms with van der Waals surface area (Å²) >= 11 is 6.11. The van der Waals surface area contributed by atoms with Crippen molar-refractivity contribution >= 4 is 24.0 Å². The Kier molecular flexibility index (Phi) is 6.99. The van der Waals surface area contributed by atoms with Gasteiger partial charge in [-0.15, -0.1) is 12.4 Å². The van der Waals surface area contributed by atoms with Crippen LogP contribution in [-0.4, -0.2) is 16.7 Å². The van der Waals surface area contributed by atoms with Crippen LogP contribution in [0.1, 0.15) is 43.6 Å². The van der Waals surface area contributed by atoms with Crippen molar-refractivity contribution in [3.05, 3.63) is 46.6 Å². The zero-order valence-electron chi connectivity index (χ0n) is 11.6. The molecule has 0 saturated heterocycles. The summed E-state index contributed by atoms with van der Waals surface area (Å²) in [5.74, 6) is 1.28. The van der Waals surface area contributed by atoms with Crippen molar-refractivity contribution in [1.82, 2.24) is 15.5 Å². The normalized spacial score (nSPS) is 11.9. The lowest BCUT2D eigenvalue weighted by molar-refractivity contribution is 0.337. The maximum absolute atomic E-state index is 6.11. The molecule has 6 heteroatoms. The number of aromatic nitrogens is 2. The van der Waals surface area contributed by atoms with Crippen LogP contribution in [0.4, 0.5) is 0 Å². The predicted molar refractivity (Wildman–Crippen MR) is 82.5 cm³/mol. The number of hydrogen-bond donors (Lipinski definition) is 1. The lowest BCUT2D eigenvalue weighted by Gasteiger charge is -2.06. The quantitative estimate of drug-likeness (QED) is 0.881. The van der Waals surface area contributed by atoms with Crippen LogP contribution in [0.5, 0.6) is 0 Å². The largest absolute Gasteiger partial charge is 0.338 e. The first-order valence-electron chi connectivity index (χ1n) is 6.50. The summed E-state index contributed by atoms with van der Waals surface area (Å²) in [4.78, 5) is 4.40. The van der Waals surface area contributed by atoms with Gasteiger partial charge in [0.05, 0.1) is 6.04 Å². The van der Waals surface area contributed by atoms with Crippen molar-refractivity contribution in [1.29, 1.82) is 0 Å². The fraction of sp³-hybridized carbons (Fsp3) is 0.429. The number of nitrogens with zero attached hydrogens (tertiary/aromatic N) is 2. The maximum Gasteiger partial charge on any atom is 0.243 e. The Morgan fingerprint density at radius 2 is 2.10 bits per heavy atom. The van der Waals surface area contributed by atoms with Crippen molar-refractivity contribution in [2.45, 2.75) is 32.7 Å². The van der Waals surface area contributed by atoms with Crippen molar-refractivity contribution in [2.75, 3.05) is 6.54 Å². The van der Waals surface area contributed by atoms with Gasteiger partial charge in [-0.3, -0.25) is 0 Å². The van der Waals surface area contributed by atoms with E-state index in [0.29, 0.717) is 18.1 Å². The molecular weight excluding hydrogens is 297 g/mol. The average molecular weight is 316 g/mol. The number of benzene rings is 1. The summed E-state index contributed by atoms with van der Waals surface area (Å²) in [6, 6.07) is 7.77. The molecule has 2 aromatic rings. The second kappa shape index (κ2) is 8.25. The third kappa shape index (κ3) is 4.47. The highest BCUT2D eigenvalue weighted by Gasteiger charge is 2.14. The van der Waals surface area contributed by atoms with E-state index in [9.17, 15) is 0 Å². The molecule has 0 aliphatic heterocycles. The Labute approximate surface area is 130 Å². The van der Waals surface area contributed by atoms with E-state index >= 15 is 0 Å². The standard InChI is InChI=1S/C14H18ClN3O.ClH/c1-3-8-16-10(2)14-17-13(18-19-14)9-11-6-4-5-7-12(11)15;/h4-7,10,16H,3,8-9H2,1-2H3;1H. The predicted octanol–water partition coefficient (Wildman–Crippen LogP) is 3.80. The zero-order chi connectivity index (χ0) is 13.7. The molecule has 2 rings (SSSR count). The van der Waals surface area contributed by atoms with Gasteiger partial charge >= 0.3 is 0 Å². The molecule has 0 aliphatic rings. The molecule has 1 aromatic heterocycles. The van der Waals surface area contributed by atoms with Crippen molar-refractivity contribution < 1.29 is 4.52 Å². The van der Waals surface area contributed by atoms with E-state index in [1.165, 1.54) is 0 Å². The van der Waals surface area contributed by atoms with E-state index in [0.717, 1.165) is 23.6 Å². The topological polar surface area (TPSA) is 51.0 Å². The molecule has 0 bridgehead atoms. The first kappa shape index (κ1) is 17.0. The van der Waals surface area contributed by atoms with E-state index in [1.807, 2.05) is 31.2 Å². The zero-order valence-corrected chi connectivity index (χ0v) is 13.2. The van der Waals surface area contributed by atoms with E-state index < -0.39 is 0 Å². The molecule has 1 aromatic carbocycles. The van der Waals surface area contributed by atoms with E-state index in [-0.39, 0.29) is 18.4 Å². The minimum absolute atomic E-state index is 0. The molecule has 1 unspecified atom stereocenters. The number of halogens is 2. The molecule has 4 nitrogen and oxygen atoms in total. The van der Waals surface area contributed by atoms with Gasteiger partial charge in [0.15, 0.2) is 5.82 Å². The molecule has 0 amide bonds. The molecule has 1 heterocycles. The van der Waals surface area contributed by atoms with Crippen LogP contribution in [0, 0.1) is 0 Å². The summed E-state index contributed by atoms with van der Waals surface area (Å²) in [6.45, 7) is 5.07. The van der Waals surface area contributed by atoms with E-state index in [4.69, 9.17) is 16.1 Å². The smallest absolute Gasteiger partial charge is 0.243 e. The van der Waals surface area contributed by atoms with E-state index in [2.05, 4.69) is 22.4 Å². The van der Waals surface area contributed by atoms with Gasteiger partial charge in [0, 0.05) is 11.4 Å². The van der Waals surface area contributed by atoms with Crippen LogP contribution in [0.2, 0.25) is 5.02 Å². The third-order valence-corrected chi connectivity index (χ3v) is 3.23. The Balaban J connectivity index is 0.00000200. The Bertz CT molecular complexity index is 531. The van der Waals surface area contributed by atoms with Gasteiger partial charge in [0.25, 0.3) is 0 Å². The van der Waals surface area contributed by atoms with Crippen LogP contribution in [0.25, 0.3) is 0 Å². The Hall–Kier alpha value is -1.10. The van der Waals surface area contributed by atoms with Crippen LogP contribution >= 0.6 is 24.0 Å². The fourth-order valence-corrected chi connectivity index (χ4v) is 1.98. The van der Waals surface area contributed by atoms with Gasteiger partial charge in [-0.1, -0.05) is 41.9 Å². The first-order valence-corrected chi connectivity index (χ1v) is 6.87. The van der Waals surface area contributed by atoms with Crippen molar-refractivity contribution in [2.24, 2.45) is 0 Å². The highest BCUT2D eigenvalue weighted by atomic mass is 35.5. The highest BCUT2D eigenvalue weighted by Crippen LogP contribution is 2.18. The van der Waals surface area contributed by atoms with Crippen molar-refractivity contribution in [3.63, 3.8) is 0 Å². The van der Waals surface area contributed by atoms with Crippen molar-refractivity contribution in [3.8, 4) is 0 Å². The van der Waals surface area contributed by atoms with Crippen LogP contribution in [-0.2, 0) is 6.42 Å². The van der Waals surface area contributed by atoms with Gasteiger partial charge < -0.3 is 9.84 Å².